The van der Waals surface area contributed by atoms with Crippen molar-refractivity contribution in [2.45, 2.75) is 33.1 Å². The van der Waals surface area contributed by atoms with Crippen LogP contribution in [0.25, 0.3) is 0 Å². The lowest BCUT2D eigenvalue weighted by Gasteiger charge is -2.29. The molecule has 0 aliphatic carbocycles. The molecule has 0 fully saturated rings. The summed E-state index contributed by atoms with van der Waals surface area (Å²) in [6.45, 7) is 5.00. The Bertz CT molecular complexity index is 675. The number of aryl methyl sites for hydroxylation is 3. The molecule has 108 valence electrons. The summed E-state index contributed by atoms with van der Waals surface area (Å²) in [5, 5.41) is 0. The van der Waals surface area contributed by atoms with Crippen LogP contribution < -0.4 is 4.90 Å². The molecule has 0 saturated carbocycles. The molecule has 2 nitrogen and oxygen atoms in total. The van der Waals surface area contributed by atoms with Crippen LogP contribution in [0.3, 0.4) is 0 Å². The summed E-state index contributed by atoms with van der Waals surface area (Å²) in [7, 11) is 0. The van der Waals surface area contributed by atoms with Gasteiger partial charge >= 0.3 is 0 Å². The maximum atomic E-state index is 12.7. The molecule has 0 spiro atoms. The largest absolute Gasteiger partial charge is 0.312 e. The molecule has 2 heteroatoms. The highest BCUT2D eigenvalue weighted by Gasteiger charge is 2.22. The third-order valence-electron chi connectivity index (χ3n) is 4.25. The second-order valence-electron chi connectivity index (χ2n) is 5.88. The molecule has 0 aromatic heterocycles. The molecule has 2 aromatic carbocycles. The number of carbonyl (C=O) groups is 1. The second-order valence-corrected chi connectivity index (χ2v) is 5.88. The van der Waals surface area contributed by atoms with E-state index in [2.05, 4.69) is 50.2 Å². The summed E-state index contributed by atoms with van der Waals surface area (Å²) in [5.41, 5.74) is 5.96. The molecule has 1 aliphatic heterocycles. The Balaban J connectivity index is 1.83. The lowest BCUT2D eigenvalue weighted by atomic mass is 9.99. The summed E-state index contributed by atoms with van der Waals surface area (Å²) < 4.78 is 0. The summed E-state index contributed by atoms with van der Waals surface area (Å²) in [4.78, 5) is 14.6. The summed E-state index contributed by atoms with van der Waals surface area (Å²) in [6.07, 6.45) is 2.61. The minimum Gasteiger partial charge on any atom is -0.312 e. The van der Waals surface area contributed by atoms with Crippen molar-refractivity contribution in [2.24, 2.45) is 0 Å². The second kappa shape index (κ2) is 5.72. The van der Waals surface area contributed by atoms with E-state index < -0.39 is 0 Å². The first kappa shape index (κ1) is 13.9. The first-order valence-corrected chi connectivity index (χ1v) is 7.59. The predicted molar refractivity (Wildman–Crippen MR) is 86.7 cm³/mol. The van der Waals surface area contributed by atoms with E-state index in [4.69, 9.17) is 0 Å². The van der Waals surface area contributed by atoms with Crippen LogP contribution in [0.1, 0.15) is 28.7 Å². The summed E-state index contributed by atoms with van der Waals surface area (Å²) in [5.74, 6) is 0.203. The standard InChI is InChI=1S/C19H21NO/c1-14-9-10-17(15(2)12-14)13-19(21)20-11-5-7-16-6-3-4-8-18(16)20/h3-4,6,8-10,12H,5,7,11,13H2,1-2H3. The van der Waals surface area contributed by atoms with Crippen LogP contribution in [0.5, 0.6) is 0 Å². The monoisotopic (exact) mass is 279 g/mol. The number of nitrogens with zero attached hydrogens (tertiary/aromatic N) is 1. The van der Waals surface area contributed by atoms with Crippen LogP contribution in [0.2, 0.25) is 0 Å². The molecule has 0 atom stereocenters. The molecule has 0 unspecified atom stereocenters. The summed E-state index contributed by atoms with van der Waals surface area (Å²) in [6, 6.07) is 14.6. The van der Waals surface area contributed by atoms with Crippen LogP contribution in [-0.2, 0) is 17.6 Å². The van der Waals surface area contributed by atoms with Crippen molar-refractivity contribution in [3.8, 4) is 0 Å². The molecular formula is C19H21NO. The fourth-order valence-electron chi connectivity index (χ4n) is 3.10. The van der Waals surface area contributed by atoms with Gasteiger partial charge in [-0.05, 0) is 49.4 Å². The van der Waals surface area contributed by atoms with Crippen LogP contribution in [0.15, 0.2) is 42.5 Å². The van der Waals surface area contributed by atoms with Gasteiger partial charge in [0.1, 0.15) is 0 Å². The van der Waals surface area contributed by atoms with Crippen molar-refractivity contribution in [1.82, 2.24) is 0 Å². The Hall–Kier alpha value is -2.09. The number of para-hydroxylation sites is 1. The van der Waals surface area contributed by atoms with Crippen molar-refractivity contribution >= 4 is 11.6 Å². The minimum atomic E-state index is 0.203. The van der Waals surface area contributed by atoms with E-state index in [0.717, 1.165) is 30.6 Å². The third-order valence-corrected chi connectivity index (χ3v) is 4.25. The van der Waals surface area contributed by atoms with Gasteiger partial charge in [-0.3, -0.25) is 4.79 Å². The first-order chi connectivity index (χ1) is 10.1. The number of benzene rings is 2. The maximum Gasteiger partial charge on any atom is 0.231 e. The van der Waals surface area contributed by atoms with Gasteiger partial charge in [-0.2, -0.15) is 0 Å². The average molecular weight is 279 g/mol. The number of carbonyl (C=O) groups excluding carboxylic acids is 1. The normalized spacial score (nSPS) is 13.9. The van der Waals surface area contributed by atoms with Gasteiger partial charge in [0.25, 0.3) is 0 Å². The zero-order chi connectivity index (χ0) is 14.8. The highest BCUT2D eigenvalue weighted by atomic mass is 16.2. The van der Waals surface area contributed by atoms with Crippen molar-refractivity contribution in [2.75, 3.05) is 11.4 Å². The lowest BCUT2D eigenvalue weighted by Crippen LogP contribution is -2.36. The Morgan fingerprint density at radius 1 is 1.14 bits per heavy atom. The highest BCUT2D eigenvalue weighted by molar-refractivity contribution is 5.96. The Morgan fingerprint density at radius 2 is 1.95 bits per heavy atom. The first-order valence-electron chi connectivity index (χ1n) is 7.59. The van der Waals surface area contributed by atoms with E-state index in [-0.39, 0.29) is 5.91 Å². The van der Waals surface area contributed by atoms with Gasteiger partial charge in [0.2, 0.25) is 5.91 Å². The fourth-order valence-corrected chi connectivity index (χ4v) is 3.10. The number of anilines is 1. The average Bonchev–Trinajstić information content (AvgIpc) is 2.49. The van der Waals surface area contributed by atoms with E-state index in [9.17, 15) is 4.79 Å². The SMILES string of the molecule is Cc1ccc(CC(=O)N2CCCc3ccccc32)c(C)c1. The molecule has 2 aromatic rings. The van der Waals surface area contributed by atoms with Gasteiger partial charge in [0.05, 0.1) is 6.42 Å². The van der Waals surface area contributed by atoms with Crippen molar-refractivity contribution in [1.29, 1.82) is 0 Å². The van der Waals surface area contributed by atoms with E-state index >= 15 is 0 Å². The van der Waals surface area contributed by atoms with Crippen molar-refractivity contribution in [3.63, 3.8) is 0 Å². The molecule has 3 rings (SSSR count). The van der Waals surface area contributed by atoms with Crippen LogP contribution in [0, 0.1) is 13.8 Å². The fraction of sp³-hybridized carbons (Fsp3) is 0.316. The number of hydrogen-bond acceptors (Lipinski definition) is 1. The molecule has 0 N–H and O–H groups in total. The number of amides is 1. The van der Waals surface area contributed by atoms with E-state index in [1.807, 2.05) is 11.0 Å². The quantitative estimate of drug-likeness (QED) is 0.818. The molecular weight excluding hydrogens is 258 g/mol. The predicted octanol–water partition coefficient (Wildman–Crippen LogP) is 3.83. The van der Waals surface area contributed by atoms with Gasteiger partial charge in [-0.1, -0.05) is 42.0 Å². The topological polar surface area (TPSA) is 20.3 Å². The van der Waals surface area contributed by atoms with E-state index in [0.29, 0.717) is 6.42 Å². The Kier molecular flexibility index (Phi) is 3.78. The minimum absolute atomic E-state index is 0.203. The Morgan fingerprint density at radius 3 is 2.76 bits per heavy atom. The molecule has 1 aliphatic rings. The zero-order valence-electron chi connectivity index (χ0n) is 12.7. The van der Waals surface area contributed by atoms with E-state index in [1.165, 1.54) is 16.7 Å². The molecule has 0 saturated heterocycles. The molecule has 0 bridgehead atoms. The van der Waals surface area contributed by atoms with Gasteiger partial charge in [0, 0.05) is 12.2 Å². The zero-order valence-corrected chi connectivity index (χ0v) is 12.7. The van der Waals surface area contributed by atoms with Gasteiger partial charge < -0.3 is 4.90 Å². The number of rotatable bonds is 2. The summed E-state index contributed by atoms with van der Waals surface area (Å²) >= 11 is 0. The van der Waals surface area contributed by atoms with Crippen LogP contribution >= 0.6 is 0 Å². The number of fused-ring (bicyclic) bond motifs is 1. The van der Waals surface area contributed by atoms with E-state index in [1.54, 1.807) is 0 Å². The molecule has 0 radical (unpaired) electrons. The number of hydrogen-bond donors (Lipinski definition) is 0. The lowest BCUT2D eigenvalue weighted by molar-refractivity contribution is -0.118. The molecule has 1 amide bonds. The Labute approximate surface area is 126 Å². The van der Waals surface area contributed by atoms with Gasteiger partial charge in [0.15, 0.2) is 0 Å². The van der Waals surface area contributed by atoms with Gasteiger partial charge in [-0.25, -0.2) is 0 Å². The molecule has 1 heterocycles. The maximum absolute atomic E-state index is 12.7. The third kappa shape index (κ3) is 2.85. The highest BCUT2D eigenvalue weighted by Crippen LogP contribution is 2.27. The van der Waals surface area contributed by atoms with Crippen molar-refractivity contribution in [3.05, 3.63) is 64.7 Å². The van der Waals surface area contributed by atoms with Crippen molar-refractivity contribution < 1.29 is 4.79 Å². The van der Waals surface area contributed by atoms with Crippen LogP contribution in [0.4, 0.5) is 5.69 Å². The van der Waals surface area contributed by atoms with Gasteiger partial charge in [-0.15, -0.1) is 0 Å². The van der Waals surface area contributed by atoms with Crippen LogP contribution in [-0.4, -0.2) is 12.5 Å². The molecule has 21 heavy (non-hydrogen) atoms. The smallest absolute Gasteiger partial charge is 0.231 e.